The van der Waals surface area contributed by atoms with Crippen molar-refractivity contribution in [1.29, 1.82) is 0 Å². The van der Waals surface area contributed by atoms with Gasteiger partial charge in [0.15, 0.2) is 0 Å². The average Bonchev–Trinajstić information content (AvgIpc) is 3.15. The van der Waals surface area contributed by atoms with E-state index in [1.54, 1.807) is 24.1 Å². The largest absolute Gasteiger partial charge is 0.496 e. The normalized spacial score (nSPS) is 10.9. The van der Waals surface area contributed by atoms with Crippen LogP contribution >= 0.6 is 11.6 Å². The Balaban J connectivity index is 1.62. The molecule has 0 aliphatic heterocycles. The summed E-state index contributed by atoms with van der Waals surface area (Å²) in [5.74, 6) is 0.360. The van der Waals surface area contributed by atoms with Crippen LogP contribution in [0.1, 0.15) is 11.3 Å². The third kappa shape index (κ3) is 4.27. The van der Waals surface area contributed by atoms with E-state index in [0.717, 1.165) is 28.1 Å². The molecule has 4 aromatic rings. The van der Waals surface area contributed by atoms with E-state index in [9.17, 15) is 4.39 Å². The second-order valence-corrected chi connectivity index (χ2v) is 7.12. The second-order valence-electron chi connectivity index (χ2n) is 6.68. The molecule has 146 valence electrons. The van der Waals surface area contributed by atoms with Gasteiger partial charge in [-0.1, -0.05) is 22.9 Å². The first-order valence-electron chi connectivity index (χ1n) is 8.98. The smallest absolute Gasteiger partial charge is 0.127 e. The molecule has 0 unspecified atom stereocenters. The highest BCUT2D eigenvalue weighted by Crippen LogP contribution is 2.33. The standard InChI is InChI=1S/C22H18ClFN4O/c1-14-7-16(5-6-25-14)20-4-3-17(10-22(20)29-2)21-13-28(27-26-21)12-15-8-18(23)11-19(24)9-15/h3-11,13H,12H2,1-2H3. The zero-order chi connectivity index (χ0) is 20.4. The minimum atomic E-state index is -0.375. The number of nitrogens with zero attached hydrogens (tertiary/aromatic N) is 4. The number of pyridine rings is 1. The van der Waals surface area contributed by atoms with Gasteiger partial charge in [-0.3, -0.25) is 4.98 Å². The van der Waals surface area contributed by atoms with Gasteiger partial charge < -0.3 is 4.74 Å². The lowest BCUT2D eigenvalue weighted by Gasteiger charge is -2.10. The van der Waals surface area contributed by atoms with Crippen molar-refractivity contribution >= 4 is 11.6 Å². The fourth-order valence-corrected chi connectivity index (χ4v) is 3.44. The molecule has 0 N–H and O–H groups in total. The Hall–Kier alpha value is -3.25. The van der Waals surface area contributed by atoms with Gasteiger partial charge in [0.05, 0.1) is 19.9 Å². The molecule has 0 aliphatic rings. The highest BCUT2D eigenvalue weighted by atomic mass is 35.5. The zero-order valence-corrected chi connectivity index (χ0v) is 16.7. The van der Waals surface area contributed by atoms with Crippen LogP contribution in [-0.4, -0.2) is 27.1 Å². The van der Waals surface area contributed by atoms with Gasteiger partial charge in [0.1, 0.15) is 17.3 Å². The van der Waals surface area contributed by atoms with E-state index in [1.165, 1.54) is 12.1 Å². The zero-order valence-electron chi connectivity index (χ0n) is 15.9. The quantitative estimate of drug-likeness (QED) is 0.457. The third-order valence-corrected chi connectivity index (χ3v) is 4.73. The summed E-state index contributed by atoms with van der Waals surface area (Å²) in [5.41, 5.74) is 5.24. The first-order chi connectivity index (χ1) is 14.0. The summed E-state index contributed by atoms with van der Waals surface area (Å²) in [6.45, 7) is 2.32. The molecule has 4 rings (SSSR count). The Morgan fingerprint density at radius 3 is 2.69 bits per heavy atom. The van der Waals surface area contributed by atoms with E-state index < -0.39 is 0 Å². The average molecular weight is 409 g/mol. The highest BCUT2D eigenvalue weighted by molar-refractivity contribution is 6.30. The predicted octanol–water partition coefficient (Wildman–Crippen LogP) is 5.16. The van der Waals surface area contributed by atoms with E-state index in [1.807, 2.05) is 43.5 Å². The molecular weight excluding hydrogens is 391 g/mol. The number of hydrogen-bond donors (Lipinski definition) is 0. The van der Waals surface area contributed by atoms with Crippen LogP contribution in [-0.2, 0) is 6.54 Å². The van der Waals surface area contributed by atoms with Crippen molar-refractivity contribution in [1.82, 2.24) is 20.0 Å². The minimum absolute atomic E-state index is 0.354. The van der Waals surface area contributed by atoms with E-state index in [2.05, 4.69) is 15.3 Å². The number of hydrogen-bond acceptors (Lipinski definition) is 4. The van der Waals surface area contributed by atoms with Gasteiger partial charge in [0.2, 0.25) is 0 Å². The molecule has 0 saturated carbocycles. The molecule has 5 nitrogen and oxygen atoms in total. The second kappa shape index (κ2) is 8.01. The topological polar surface area (TPSA) is 52.8 Å². The molecule has 2 heterocycles. The fraction of sp³-hybridized carbons (Fsp3) is 0.136. The summed E-state index contributed by atoms with van der Waals surface area (Å²) < 4.78 is 20.8. The lowest BCUT2D eigenvalue weighted by atomic mass is 10.0. The number of aromatic nitrogens is 4. The van der Waals surface area contributed by atoms with Crippen LogP contribution in [0.4, 0.5) is 4.39 Å². The molecule has 0 aliphatic carbocycles. The van der Waals surface area contributed by atoms with Crippen LogP contribution in [0.5, 0.6) is 5.75 Å². The maximum Gasteiger partial charge on any atom is 0.127 e. The van der Waals surface area contributed by atoms with Crippen molar-refractivity contribution in [2.24, 2.45) is 0 Å². The molecule has 0 spiro atoms. The van der Waals surface area contributed by atoms with E-state index >= 15 is 0 Å². The lowest BCUT2D eigenvalue weighted by molar-refractivity contribution is 0.416. The molecule has 7 heteroatoms. The van der Waals surface area contributed by atoms with Crippen molar-refractivity contribution in [3.8, 4) is 28.1 Å². The molecular formula is C22H18ClFN4O. The summed E-state index contributed by atoms with van der Waals surface area (Å²) in [7, 11) is 1.64. The summed E-state index contributed by atoms with van der Waals surface area (Å²) in [6.07, 6.45) is 3.59. The van der Waals surface area contributed by atoms with Gasteiger partial charge in [-0.25, -0.2) is 9.07 Å². The summed E-state index contributed by atoms with van der Waals surface area (Å²) >= 11 is 5.92. The molecule has 0 fully saturated rings. The third-order valence-electron chi connectivity index (χ3n) is 4.51. The molecule has 2 aromatic carbocycles. The van der Waals surface area contributed by atoms with Gasteiger partial charge >= 0.3 is 0 Å². The van der Waals surface area contributed by atoms with Crippen molar-refractivity contribution in [2.75, 3.05) is 7.11 Å². The Morgan fingerprint density at radius 1 is 1.07 bits per heavy atom. The van der Waals surface area contributed by atoms with Crippen LogP contribution in [0.15, 0.2) is 60.9 Å². The van der Waals surface area contributed by atoms with Crippen molar-refractivity contribution in [3.05, 3.63) is 83.0 Å². The van der Waals surface area contributed by atoms with Crippen molar-refractivity contribution in [2.45, 2.75) is 13.5 Å². The summed E-state index contributed by atoms with van der Waals surface area (Å²) in [6, 6.07) is 14.3. The summed E-state index contributed by atoms with van der Waals surface area (Å²) in [4.78, 5) is 4.24. The molecule has 29 heavy (non-hydrogen) atoms. The highest BCUT2D eigenvalue weighted by Gasteiger charge is 2.11. The molecule has 0 saturated heterocycles. The number of methoxy groups -OCH3 is 1. The Bertz CT molecular complexity index is 1150. The fourth-order valence-electron chi connectivity index (χ4n) is 3.20. The molecule has 0 amide bonds. The van der Waals surface area contributed by atoms with Gasteiger partial charge in [0.25, 0.3) is 0 Å². The van der Waals surface area contributed by atoms with Gasteiger partial charge in [-0.15, -0.1) is 5.10 Å². The van der Waals surface area contributed by atoms with Gasteiger partial charge in [0, 0.05) is 28.0 Å². The maximum atomic E-state index is 13.5. The van der Waals surface area contributed by atoms with E-state index in [0.29, 0.717) is 22.8 Å². The first kappa shape index (κ1) is 19.1. The van der Waals surface area contributed by atoms with E-state index in [4.69, 9.17) is 16.3 Å². The van der Waals surface area contributed by atoms with E-state index in [-0.39, 0.29) is 5.82 Å². The Labute approximate surface area is 172 Å². The Morgan fingerprint density at radius 2 is 1.93 bits per heavy atom. The predicted molar refractivity (Wildman–Crippen MR) is 110 cm³/mol. The number of ether oxygens (including phenoxy) is 1. The van der Waals surface area contributed by atoms with Crippen molar-refractivity contribution < 1.29 is 9.13 Å². The van der Waals surface area contributed by atoms with Gasteiger partial charge in [-0.05, 0) is 60.5 Å². The van der Waals surface area contributed by atoms with Crippen LogP contribution in [0, 0.1) is 12.7 Å². The maximum absolute atomic E-state index is 13.5. The van der Waals surface area contributed by atoms with Crippen molar-refractivity contribution in [3.63, 3.8) is 0 Å². The van der Waals surface area contributed by atoms with Crippen LogP contribution < -0.4 is 4.74 Å². The minimum Gasteiger partial charge on any atom is -0.496 e. The van der Waals surface area contributed by atoms with Crippen LogP contribution in [0.25, 0.3) is 22.4 Å². The molecule has 0 bridgehead atoms. The molecule has 2 aromatic heterocycles. The number of aryl methyl sites for hydroxylation is 1. The SMILES string of the molecule is COc1cc(-c2cn(Cc3cc(F)cc(Cl)c3)nn2)ccc1-c1ccnc(C)c1. The number of benzene rings is 2. The first-order valence-corrected chi connectivity index (χ1v) is 9.36. The lowest BCUT2D eigenvalue weighted by Crippen LogP contribution is -2.00. The monoisotopic (exact) mass is 408 g/mol. The molecule has 0 atom stereocenters. The molecule has 0 radical (unpaired) electrons. The van der Waals surface area contributed by atoms with Gasteiger partial charge in [-0.2, -0.15) is 0 Å². The summed E-state index contributed by atoms with van der Waals surface area (Å²) in [5, 5.41) is 8.74. The Kier molecular flexibility index (Phi) is 5.27. The van der Waals surface area contributed by atoms with Crippen LogP contribution in [0.3, 0.4) is 0 Å². The number of rotatable bonds is 5. The van der Waals surface area contributed by atoms with Crippen LogP contribution in [0.2, 0.25) is 5.02 Å². The number of halogens is 2.